The Labute approximate surface area is 155 Å². The summed E-state index contributed by atoms with van der Waals surface area (Å²) in [5.41, 5.74) is 0. The van der Waals surface area contributed by atoms with E-state index >= 15 is 0 Å². The van der Waals surface area contributed by atoms with Crippen LogP contribution >= 0.6 is 0 Å². The number of benzene rings is 2. The van der Waals surface area contributed by atoms with Crippen LogP contribution in [0.15, 0.2) is 70.5 Å². The quantitative estimate of drug-likeness (QED) is 0.741. The van der Waals surface area contributed by atoms with Gasteiger partial charge >= 0.3 is 0 Å². The summed E-state index contributed by atoms with van der Waals surface area (Å²) in [7, 11) is -8.29. The Hall–Kier alpha value is -1.70. The Balaban J connectivity index is 2.60. The summed E-state index contributed by atoms with van der Waals surface area (Å²) in [5, 5.41) is 9.63. The monoisotopic (exact) mass is 396 g/mol. The highest BCUT2D eigenvalue weighted by molar-refractivity contribution is 8.09. The Kier molecular flexibility index (Phi) is 6.60. The van der Waals surface area contributed by atoms with Gasteiger partial charge in [-0.2, -0.15) is 0 Å². The van der Waals surface area contributed by atoms with Gasteiger partial charge in [-0.1, -0.05) is 50.2 Å². The molecule has 0 bridgehead atoms. The predicted molar refractivity (Wildman–Crippen MR) is 101 cm³/mol. The molecule has 2 rings (SSSR count). The van der Waals surface area contributed by atoms with E-state index in [9.17, 15) is 21.9 Å². The normalized spacial score (nSPS) is 13.9. The molecule has 2 aromatic carbocycles. The first-order valence-electron chi connectivity index (χ1n) is 8.40. The van der Waals surface area contributed by atoms with Gasteiger partial charge in [0.15, 0.2) is 24.3 Å². The largest absolute Gasteiger partial charge is 0.396 e. The zero-order valence-electron chi connectivity index (χ0n) is 14.8. The molecule has 0 aromatic heterocycles. The first-order valence-corrected chi connectivity index (χ1v) is 11.5. The number of aliphatic hydroxyl groups excluding tert-OH is 1. The minimum Gasteiger partial charge on any atom is -0.396 e. The van der Waals surface area contributed by atoms with E-state index in [-0.39, 0.29) is 28.7 Å². The van der Waals surface area contributed by atoms with Gasteiger partial charge in [0.05, 0.1) is 9.79 Å². The second kappa shape index (κ2) is 8.33. The fraction of sp³-hybridized carbons (Fsp3) is 0.368. The van der Waals surface area contributed by atoms with Crippen LogP contribution < -0.4 is 0 Å². The van der Waals surface area contributed by atoms with Gasteiger partial charge in [-0.25, -0.2) is 16.8 Å². The average molecular weight is 397 g/mol. The molecule has 142 valence electrons. The summed E-state index contributed by atoms with van der Waals surface area (Å²) in [6.07, 6.45) is -0.164. The molecule has 0 amide bonds. The third-order valence-electron chi connectivity index (χ3n) is 4.51. The zero-order valence-corrected chi connectivity index (χ0v) is 16.4. The molecule has 7 heteroatoms. The van der Waals surface area contributed by atoms with Crippen molar-refractivity contribution < 1.29 is 21.9 Å². The molecule has 26 heavy (non-hydrogen) atoms. The SMILES string of the molecule is CC(C)[C@H](CO)CC(S(=O)(=O)c1ccccc1)S(=O)(=O)c1ccccc1. The van der Waals surface area contributed by atoms with Crippen LogP contribution in [0.1, 0.15) is 20.3 Å². The summed E-state index contributed by atoms with van der Waals surface area (Å²) in [6.45, 7) is 3.40. The van der Waals surface area contributed by atoms with Gasteiger partial charge in [-0.15, -0.1) is 0 Å². The van der Waals surface area contributed by atoms with Crippen molar-refractivity contribution in [3.8, 4) is 0 Å². The van der Waals surface area contributed by atoms with Gasteiger partial charge in [0.1, 0.15) is 0 Å². The van der Waals surface area contributed by atoms with Crippen molar-refractivity contribution in [1.29, 1.82) is 0 Å². The number of hydrogen-bond acceptors (Lipinski definition) is 5. The van der Waals surface area contributed by atoms with Crippen LogP contribution in [0.4, 0.5) is 0 Å². The van der Waals surface area contributed by atoms with Crippen LogP contribution in [0.25, 0.3) is 0 Å². The standard InChI is InChI=1S/C19H24O5S2/c1-15(2)16(14-20)13-19(25(21,22)17-9-5-3-6-10-17)26(23,24)18-11-7-4-8-12-18/h3-12,15-16,19-20H,13-14H2,1-2H3/t16-/m0/s1. The van der Waals surface area contributed by atoms with E-state index in [0.29, 0.717) is 0 Å². The molecule has 0 fully saturated rings. The lowest BCUT2D eigenvalue weighted by Crippen LogP contribution is -2.35. The van der Waals surface area contributed by atoms with Crippen molar-refractivity contribution >= 4 is 19.7 Å². The molecule has 0 saturated heterocycles. The van der Waals surface area contributed by atoms with Crippen LogP contribution in [-0.4, -0.2) is 33.1 Å². The van der Waals surface area contributed by atoms with E-state index in [0.717, 1.165) is 0 Å². The maximum absolute atomic E-state index is 13.2. The van der Waals surface area contributed by atoms with E-state index in [2.05, 4.69) is 0 Å². The Morgan fingerprint density at radius 3 is 1.46 bits per heavy atom. The van der Waals surface area contributed by atoms with Gasteiger partial charge in [-0.3, -0.25) is 0 Å². The Bertz CT molecular complexity index is 835. The van der Waals surface area contributed by atoms with Crippen molar-refractivity contribution in [2.24, 2.45) is 11.8 Å². The van der Waals surface area contributed by atoms with Crippen LogP contribution in [0.5, 0.6) is 0 Å². The number of aliphatic hydroxyl groups is 1. The molecule has 1 N–H and O–H groups in total. The topological polar surface area (TPSA) is 88.5 Å². The van der Waals surface area contributed by atoms with E-state index in [4.69, 9.17) is 0 Å². The highest BCUT2D eigenvalue weighted by atomic mass is 32.3. The molecular formula is C19H24O5S2. The van der Waals surface area contributed by atoms with Gasteiger partial charge in [0.25, 0.3) is 0 Å². The average Bonchev–Trinajstić information content (AvgIpc) is 2.63. The van der Waals surface area contributed by atoms with Crippen molar-refractivity contribution in [2.45, 2.75) is 34.6 Å². The number of hydrogen-bond donors (Lipinski definition) is 1. The van der Waals surface area contributed by atoms with Crippen LogP contribution in [0, 0.1) is 11.8 Å². The van der Waals surface area contributed by atoms with E-state index in [1.54, 1.807) is 36.4 Å². The summed E-state index contributed by atoms with van der Waals surface area (Å²) < 4.78 is 51.0. The molecule has 1 atom stereocenters. The maximum atomic E-state index is 13.2. The molecule has 0 aliphatic carbocycles. The summed E-state index contributed by atoms with van der Waals surface area (Å²) in [6, 6.07) is 15.2. The lowest BCUT2D eigenvalue weighted by molar-refractivity contribution is 0.184. The lowest BCUT2D eigenvalue weighted by atomic mass is 9.94. The smallest absolute Gasteiger partial charge is 0.195 e. The first kappa shape index (κ1) is 20.6. The fourth-order valence-corrected chi connectivity index (χ4v) is 7.43. The van der Waals surface area contributed by atoms with Crippen LogP contribution in [0.2, 0.25) is 0 Å². The van der Waals surface area contributed by atoms with Crippen LogP contribution in [-0.2, 0) is 19.7 Å². The molecule has 2 aromatic rings. The molecule has 0 radical (unpaired) electrons. The predicted octanol–water partition coefficient (Wildman–Crippen LogP) is 2.91. The van der Waals surface area contributed by atoms with Gasteiger partial charge in [0, 0.05) is 6.61 Å². The summed E-state index contributed by atoms with van der Waals surface area (Å²) in [4.78, 5) is -0.0742. The Morgan fingerprint density at radius 2 is 1.15 bits per heavy atom. The first-order chi connectivity index (χ1) is 12.2. The second-order valence-corrected chi connectivity index (χ2v) is 11.1. The van der Waals surface area contributed by atoms with Crippen molar-refractivity contribution in [3.63, 3.8) is 0 Å². The molecule has 0 unspecified atom stereocenters. The summed E-state index contributed by atoms with van der Waals surface area (Å²) >= 11 is 0. The van der Waals surface area contributed by atoms with Crippen molar-refractivity contribution in [3.05, 3.63) is 60.7 Å². The minimum atomic E-state index is -4.14. The maximum Gasteiger partial charge on any atom is 0.195 e. The number of rotatable bonds is 8. The van der Waals surface area contributed by atoms with E-state index in [1.807, 2.05) is 13.8 Å². The fourth-order valence-electron chi connectivity index (χ4n) is 2.75. The van der Waals surface area contributed by atoms with Gasteiger partial charge in [-0.05, 0) is 42.5 Å². The Morgan fingerprint density at radius 1 is 0.769 bits per heavy atom. The molecule has 0 heterocycles. The highest BCUT2D eigenvalue weighted by Gasteiger charge is 2.41. The third-order valence-corrected chi connectivity index (χ3v) is 9.66. The molecular weight excluding hydrogens is 372 g/mol. The minimum absolute atomic E-state index is 0.0371. The third kappa shape index (κ3) is 4.34. The second-order valence-electron chi connectivity index (χ2n) is 6.57. The summed E-state index contributed by atoms with van der Waals surface area (Å²) in [5.74, 6) is -0.503. The van der Waals surface area contributed by atoms with Crippen LogP contribution in [0.3, 0.4) is 0 Å². The van der Waals surface area contributed by atoms with Crippen molar-refractivity contribution in [1.82, 2.24) is 0 Å². The molecule has 0 saturated carbocycles. The molecule has 5 nitrogen and oxygen atoms in total. The lowest BCUT2D eigenvalue weighted by Gasteiger charge is -2.25. The molecule has 0 spiro atoms. The highest BCUT2D eigenvalue weighted by Crippen LogP contribution is 2.32. The van der Waals surface area contributed by atoms with Gasteiger partial charge < -0.3 is 5.11 Å². The molecule has 0 aliphatic heterocycles. The zero-order chi connectivity index (χ0) is 19.4. The van der Waals surface area contributed by atoms with Gasteiger partial charge in [0.2, 0.25) is 0 Å². The van der Waals surface area contributed by atoms with E-state index in [1.165, 1.54) is 24.3 Å². The van der Waals surface area contributed by atoms with Crippen molar-refractivity contribution in [2.75, 3.05) is 6.61 Å². The molecule has 0 aliphatic rings. The number of sulfone groups is 2. The van der Waals surface area contributed by atoms with E-state index < -0.39 is 30.2 Å².